The molecule has 21 heavy (non-hydrogen) atoms. The standard InChI is InChI=1S/C16H23BrO4/c1-9-6-11(17)10(2)14(15(9)21-5)12(18)7-16(3,4)8-13(19)20/h6,12,18H,7-8H2,1-5H3,(H,19,20). The summed E-state index contributed by atoms with van der Waals surface area (Å²) in [7, 11) is 1.58. The van der Waals surface area contributed by atoms with Gasteiger partial charge in [0.15, 0.2) is 0 Å². The van der Waals surface area contributed by atoms with Gasteiger partial charge in [-0.05, 0) is 42.9 Å². The van der Waals surface area contributed by atoms with Crippen molar-refractivity contribution in [2.75, 3.05) is 7.11 Å². The Labute approximate surface area is 134 Å². The Hall–Kier alpha value is -1.07. The summed E-state index contributed by atoms with van der Waals surface area (Å²) in [6, 6.07) is 1.95. The Kier molecular flexibility index (Phi) is 5.82. The monoisotopic (exact) mass is 358 g/mol. The van der Waals surface area contributed by atoms with Gasteiger partial charge in [0.25, 0.3) is 0 Å². The van der Waals surface area contributed by atoms with E-state index in [1.54, 1.807) is 7.11 Å². The lowest BCUT2D eigenvalue weighted by Crippen LogP contribution is -2.21. The summed E-state index contributed by atoms with van der Waals surface area (Å²) in [4.78, 5) is 10.9. The number of ether oxygens (including phenoxy) is 1. The number of hydrogen-bond donors (Lipinski definition) is 2. The molecule has 5 heteroatoms. The molecule has 0 aliphatic carbocycles. The number of halogens is 1. The number of carbonyl (C=O) groups is 1. The van der Waals surface area contributed by atoms with Gasteiger partial charge in [0.2, 0.25) is 0 Å². The van der Waals surface area contributed by atoms with Crippen LogP contribution in [0.25, 0.3) is 0 Å². The third-order valence-corrected chi connectivity index (χ3v) is 4.44. The van der Waals surface area contributed by atoms with Gasteiger partial charge in [0.05, 0.1) is 19.6 Å². The maximum atomic E-state index is 10.9. The first kappa shape index (κ1) is 18.0. The number of methoxy groups -OCH3 is 1. The number of carboxylic acid groups (broad SMARTS) is 1. The van der Waals surface area contributed by atoms with Crippen molar-refractivity contribution in [2.24, 2.45) is 5.41 Å². The number of benzene rings is 1. The molecule has 1 aromatic carbocycles. The van der Waals surface area contributed by atoms with E-state index in [-0.39, 0.29) is 6.42 Å². The van der Waals surface area contributed by atoms with Gasteiger partial charge in [-0.2, -0.15) is 0 Å². The molecule has 0 bridgehead atoms. The van der Waals surface area contributed by atoms with E-state index in [9.17, 15) is 9.90 Å². The molecule has 0 heterocycles. The molecule has 0 aliphatic heterocycles. The first-order valence-electron chi connectivity index (χ1n) is 6.82. The number of aliphatic hydroxyl groups is 1. The van der Waals surface area contributed by atoms with Crippen LogP contribution in [-0.4, -0.2) is 23.3 Å². The molecule has 1 atom stereocenters. The maximum Gasteiger partial charge on any atom is 0.303 e. The molecule has 0 fully saturated rings. The van der Waals surface area contributed by atoms with E-state index in [0.717, 1.165) is 21.2 Å². The fourth-order valence-electron chi connectivity index (χ4n) is 2.65. The van der Waals surface area contributed by atoms with Crippen LogP contribution in [0.3, 0.4) is 0 Å². The van der Waals surface area contributed by atoms with E-state index in [0.29, 0.717) is 12.2 Å². The highest BCUT2D eigenvalue weighted by molar-refractivity contribution is 9.10. The average Bonchev–Trinajstić information content (AvgIpc) is 2.30. The Morgan fingerprint density at radius 2 is 2.00 bits per heavy atom. The van der Waals surface area contributed by atoms with E-state index in [2.05, 4.69) is 15.9 Å². The predicted octanol–water partition coefficient (Wildman–Crippen LogP) is 4.00. The number of carboxylic acids is 1. The van der Waals surface area contributed by atoms with E-state index in [1.807, 2.05) is 33.8 Å². The van der Waals surface area contributed by atoms with Crippen molar-refractivity contribution in [3.8, 4) is 5.75 Å². The Balaban J connectivity index is 3.18. The number of aliphatic carboxylic acids is 1. The quantitative estimate of drug-likeness (QED) is 0.806. The number of aliphatic hydroxyl groups excluding tert-OH is 1. The van der Waals surface area contributed by atoms with Crippen LogP contribution in [0.2, 0.25) is 0 Å². The average molecular weight is 359 g/mol. The summed E-state index contributed by atoms with van der Waals surface area (Å²) >= 11 is 3.49. The molecular formula is C16H23BrO4. The van der Waals surface area contributed by atoms with Gasteiger partial charge in [0.1, 0.15) is 5.75 Å². The second-order valence-corrected chi connectivity index (χ2v) is 7.06. The van der Waals surface area contributed by atoms with Crippen LogP contribution < -0.4 is 4.74 Å². The molecule has 1 rings (SSSR count). The minimum absolute atomic E-state index is 0.0123. The molecule has 2 N–H and O–H groups in total. The molecule has 0 aliphatic rings. The number of hydrogen-bond acceptors (Lipinski definition) is 3. The van der Waals surface area contributed by atoms with E-state index < -0.39 is 17.5 Å². The van der Waals surface area contributed by atoms with Gasteiger partial charge in [-0.3, -0.25) is 4.79 Å². The zero-order chi connectivity index (χ0) is 16.4. The third kappa shape index (κ3) is 4.45. The molecule has 0 radical (unpaired) electrons. The first-order chi connectivity index (χ1) is 9.59. The summed E-state index contributed by atoms with van der Waals surface area (Å²) in [6.07, 6.45) is -0.407. The molecule has 0 aromatic heterocycles. The fourth-order valence-corrected chi connectivity index (χ4v) is 3.21. The lowest BCUT2D eigenvalue weighted by Gasteiger charge is -2.28. The highest BCUT2D eigenvalue weighted by Gasteiger charge is 2.29. The zero-order valence-corrected chi connectivity index (χ0v) is 14.7. The SMILES string of the molecule is COc1c(C)cc(Br)c(C)c1C(O)CC(C)(C)CC(=O)O. The van der Waals surface area contributed by atoms with Crippen molar-refractivity contribution in [3.05, 3.63) is 27.2 Å². The molecule has 1 unspecified atom stereocenters. The van der Waals surface area contributed by atoms with Crippen LogP contribution in [0.4, 0.5) is 0 Å². The summed E-state index contributed by atoms with van der Waals surface area (Å²) in [6.45, 7) is 7.52. The fraction of sp³-hybridized carbons (Fsp3) is 0.562. The highest BCUT2D eigenvalue weighted by atomic mass is 79.9. The third-order valence-electron chi connectivity index (χ3n) is 3.62. The topological polar surface area (TPSA) is 66.8 Å². The van der Waals surface area contributed by atoms with Gasteiger partial charge >= 0.3 is 5.97 Å². The van der Waals surface area contributed by atoms with Crippen molar-refractivity contribution in [1.82, 2.24) is 0 Å². The van der Waals surface area contributed by atoms with Crippen LogP contribution >= 0.6 is 15.9 Å². The van der Waals surface area contributed by atoms with Crippen LogP contribution in [0.15, 0.2) is 10.5 Å². The van der Waals surface area contributed by atoms with Crippen LogP contribution in [0.5, 0.6) is 5.75 Å². The minimum Gasteiger partial charge on any atom is -0.496 e. The van der Waals surface area contributed by atoms with Gasteiger partial charge in [0, 0.05) is 10.0 Å². The first-order valence-corrected chi connectivity index (χ1v) is 7.62. The summed E-state index contributed by atoms with van der Waals surface area (Å²) in [5.74, 6) is -0.198. The van der Waals surface area contributed by atoms with Crippen molar-refractivity contribution >= 4 is 21.9 Å². The Bertz CT molecular complexity index is 538. The Morgan fingerprint density at radius 3 is 2.48 bits per heavy atom. The number of aryl methyl sites for hydroxylation is 1. The molecule has 1 aromatic rings. The lowest BCUT2D eigenvalue weighted by molar-refractivity contribution is -0.139. The molecule has 4 nitrogen and oxygen atoms in total. The van der Waals surface area contributed by atoms with Crippen molar-refractivity contribution < 1.29 is 19.7 Å². The van der Waals surface area contributed by atoms with Crippen molar-refractivity contribution in [3.63, 3.8) is 0 Å². The van der Waals surface area contributed by atoms with Gasteiger partial charge < -0.3 is 14.9 Å². The molecule has 0 spiro atoms. The largest absolute Gasteiger partial charge is 0.496 e. The minimum atomic E-state index is -0.860. The summed E-state index contributed by atoms with van der Waals surface area (Å²) < 4.78 is 6.34. The van der Waals surface area contributed by atoms with E-state index in [4.69, 9.17) is 9.84 Å². The molecule has 0 amide bonds. The van der Waals surface area contributed by atoms with Gasteiger partial charge in [-0.15, -0.1) is 0 Å². The van der Waals surface area contributed by atoms with E-state index >= 15 is 0 Å². The molecular weight excluding hydrogens is 336 g/mol. The van der Waals surface area contributed by atoms with E-state index in [1.165, 1.54) is 0 Å². The van der Waals surface area contributed by atoms with Crippen molar-refractivity contribution in [1.29, 1.82) is 0 Å². The molecule has 0 saturated heterocycles. The van der Waals surface area contributed by atoms with Gasteiger partial charge in [-0.1, -0.05) is 29.8 Å². The molecule has 0 saturated carbocycles. The highest BCUT2D eigenvalue weighted by Crippen LogP contribution is 2.41. The zero-order valence-electron chi connectivity index (χ0n) is 13.2. The van der Waals surface area contributed by atoms with Crippen LogP contribution in [0, 0.1) is 19.3 Å². The van der Waals surface area contributed by atoms with Crippen molar-refractivity contribution in [2.45, 2.75) is 46.6 Å². The van der Waals surface area contributed by atoms with Crippen LogP contribution in [-0.2, 0) is 4.79 Å². The summed E-state index contributed by atoms with van der Waals surface area (Å²) in [5.41, 5.74) is 2.07. The second kappa shape index (κ2) is 6.79. The summed E-state index contributed by atoms with van der Waals surface area (Å²) in [5, 5.41) is 19.6. The number of rotatable bonds is 6. The second-order valence-electron chi connectivity index (χ2n) is 6.20. The normalized spacial score (nSPS) is 13.1. The van der Waals surface area contributed by atoms with Gasteiger partial charge in [-0.25, -0.2) is 0 Å². The maximum absolute atomic E-state index is 10.9. The predicted molar refractivity (Wildman–Crippen MR) is 85.8 cm³/mol. The lowest BCUT2D eigenvalue weighted by atomic mass is 9.81. The smallest absolute Gasteiger partial charge is 0.303 e. The Morgan fingerprint density at radius 1 is 1.43 bits per heavy atom. The molecule has 118 valence electrons. The van der Waals surface area contributed by atoms with Crippen LogP contribution in [0.1, 0.15) is 49.5 Å².